The van der Waals surface area contributed by atoms with Gasteiger partial charge in [0.25, 0.3) is 0 Å². The molecule has 8 nitrogen and oxygen atoms in total. The van der Waals surface area contributed by atoms with Crippen molar-refractivity contribution in [2.45, 2.75) is 6.92 Å². The highest BCUT2D eigenvalue weighted by Gasteiger charge is 2.17. The number of imidazole rings is 1. The standard InChI is InChI=1S/C24H18FN7O/c1-12-27-11-21(32(12)2)18-3-4-19-23(29-18)24(31-30-19)20-10-16-17(28-20)5-6-26-22(16)13-7-14(25)9-15(33)8-13/h3-11,28,33H,1-2H3,(H,30,31). The van der Waals surface area contributed by atoms with Crippen molar-refractivity contribution in [2.75, 3.05) is 0 Å². The number of nitrogens with zero attached hydrogens (tertiary/aromatic N) is 5. The van der Waals surface area contributed by atoms with Crippen LogP contribution in [0.25, 0.3) is 56.0 Å². The molecule has 0 radical (unpaired) electrons. The number of fused-ring (bicyclic) bond motifs is 2. The van der Waals surface area contributed by atoms with Gasteiger partial charge in [-0.2, -0.15) is 5.10 Å². The monoisotopic (exact) mass is 439 g/mol. The largest absolute Gasteiger partial charge is 0.508 e. The molecule has 0 amide bonds. The number of aromatic hydroxyl groups is 1. The zero-order valence-electron chi connectivity index (χ0n) is 17.8. The first-order valence-corrected chi connectivity index (χ1v) is 10.3. The van der Waals surface area contributed by atoms with Crippen molar-refractivity contribution in [1.29, 1.82) is 0 Å². The third kappa shape index (κ3) is 3.05. The van der Waals surface area contributed by atoms with Crippen molar-refractivity contribution < 1.29 is 9.50 Å². The minimum absolute atomic E-state index is 0.153. The summed E-state index contributed by atoms with van der Waals surface area (Å²) in [5, 5.41) is 18.2. The van der Waals surface area contributed by atoms with E-state index in [0.717, 1.165) is 50.9 Å². The van der Waals surface area contributed by atoms with E-state index < -0.39 is 5.82 Å². The molecule has 6 rings (SSSR count). The quantitative estimate of drug-likeness (QED) is 0.370. The second-order valence-corrected chi connectivity index (χ2v) is 7.92. The fourth-order valence-electron chi connectivity index (χ4n) is 4.09. The highest BCUT2D eigenvalue weighted by molar-refractivity contribution is 5.99. The molecule has 3 N–H and O–H groups in total. The average molecular weight is 439 g/mol. The summed E-state index contributed by atoms with van der Waals surface area (Å²) in [4.78, 5) is 17.0. The molecule has 162 valence electrons. The molecule has 0 aliphatic heterocycles. The molecular weight excluding hydrogens is 421 g/mol. The zero-order valence-corrected chi connectivity index (χ0v) is 17.8. The number of halogens is 1. The van der Waals surface area contributed by atoms with Gasteiger partial charge in [0.1, 0.15) is 28.6 Å². The lowest BCUT2D eigenvalue weighted by Gasteiger charge is -2.03. The van der Waals surface area contributed by atoms with Crippen LogP contribution in [0.3, 0.4) is 0 Å². The Morgan fingerprint density at radius 3 is 2.67 bits per heavy atom. The lowest BCUT2D eigenvalue weighted by molar-refractivity contribution is 0.469. The van der Waals surface area contributed by atoms with E-state index in [1.165, 1.54) is 12.1 Å². The molecule has 0 saturated heterocycles. The fraction of sp³-hybridized carbons (Fsp3) is 0.0833. The number of pyridine rings is 2. The second kappa shape index (κ2) is 6.99. The van der Waals surface area contributed by atoms with E-state index in [4.69, 9.17) is 4.98 Å². The van der Waals surface area contributed by atoms with E-state index in [0.29, 0.717) is 17.0 Å². The summed E-state index contributed by atoms with van der Waals surface area (Å²) in [7, 11) is 1.95. The molecule has 0 aliphatic rings. The summed E-state index contributed by atoms with van der Waals surface area (Å²) in [6.45, 7) is 1.94. The van der Waals surface area contributed by atoms with Crippen molar-refractivity contribution in [1.82, 2.24) is 34.7 Å². The van der Waals surface area contributed by atoms with Crippen LogP contribution >= 0.6 is 0 Å². The number of phenolic OH excluding ortho intramolecular Hbond substituents is 1. The van der Waals surface area contributed by atoms with Crippen LogP contribution in [0.4, 0.5) is 4.39 Å². The van der Waals surface area contributed by atoms with E-state index in [1.807, 2.05) is 42.8 Å². The van der Waals surface area contributed by atoms with Gasteiger partial charge in [-0.1, -0.05) is 0 Å². The zero-order chi connectivity index (χ0) is 22.7. The van der Waals surface area contributed by atoms with Crippen LogP contribution < -0.4 is 0 Å². The SMILES string of the molecule is Cc1ncc(-c2ccc3[nH]nc(-c4cc5c(-c6cc(O)cc(F)c6)nccc5[nH]4)c3n2)n1C. The fourth-order valence-corrected chi connectivity index (χ4v) is 4.09. The van der Waals surface area contributed by atoms with Gasteiger partial charge < -0.3 is 14.7 Å². The Kier molecular flexibility index (Phi) is 4.06. The number of aromatic amines is 2. The van der Waals surface area contributed by atoms with Crippen LogP contribution in [0.2, 0.25) is 0 Å². The van der Waals surface area contributed by atoms with Crippen LogP contribution in [-0.4, -0.2) is 39.8 Å². The minimum Gasteiger partial charge on any atom is -0.508 e. The Labute approximate surface area is 186 Å². The van der Waals surface area contributed by atoms with E-state index in [1.54, 1.807) is 12.4 Å². The van der Waals surface area contributed by atoms with Crippen LogP contribution in [0.1, 0.15) is 5.82 Å². The highest BCUT2D eigenvalue weighted by Crippen LogP contribution is 2.34. The van der Waals surface area contributed by atoms with Crippen LogP contribution in [-0.2, 0) is 7.05 Å². The smallest absolute Gasteiger partial charge is 0.135 e. The van der Waals surface area contributed by atoms with Crippen molar-refractivity contribution >= 4 is 21.9 Å². The number of nitrogens with one attached hydrogen (secondary N) is 2. The van der Waals surface area contributed by atoms with Crippen molar-refractivity contribution in [3.05, 3.63) is 66.5 Å². The Morgan fingerprint density at radius 1 is 1.00 bits per heavy atom. The molecule has 1 aromatic carbocycles. The van der Waals surface area contributed by atoms with Gasteiger partial charge in [0.15, 0.2) is 0 Å². The number of benzene rings is 1. The molecule has 0 atom stereocenters. The second-order valence-electron chi connectivity index (χ2n) is 7.92. The third-order valence-electron chi connectivity index (χ3n) is 5.85. The van der Waals surface area contributed by atoms with Crippen LogP contribution in [0.5, 0.6) is 5.75 Å². The molecule has 0 aliphatic carbocycles. The third-order valence-corrected chi connectivity index (χ3v) is 5.85. The van der Waals surface area contributed by atoms with Gasteiger partial charge in [0.2, 0.25) is 0 Å². The van der Waals surface area contributed by atoms with E-state index in [2.05, 4.69) is 25.1 Å². The minimum atomic E-state index is -0.528. The van der Waals surface area contributed by atoms with Gasteiger partial charge >= 0.3 is 0 Å². The Bertz CT molecular complexity index is 1660. The molecule has 5 heterocycles. The van der Waals surface area contributed by atoms with E-state index in [-0.39, 0.29) is 5.75 Å². The van der Waals surface area contributed by atoms with Crippen LogP contribution in [0, 0.1) is 12.7 Å². The first-order valence-electron chi connectivity index (χ1n) is 10.3. The predicted octanol–water partition coefficient (Wildman–Crippen LogP) is 4.72. The Hall–Kier alpha value is -4.53. The number of aromatic nitrogens is 7. The lowest BCUT2D eigenvalue weighted by Crippen LogP contribution is -1.96. The number of hydrogen-bond donors (Lipinski definition) is 3. The van der Waals surface area contributed by atoms with Crippen molar-refractivity contribution in [3.8, 4) is 39.8 Å². The number of H-pyrrole nitrogens is 2. The molecule has 0 saturated carbocycles. The lowest BCUT2D eigenvalue weighted by atomic mass is 10.1. The molecule has 6 aromatic rings. The molecule has 9 heteroatoms. The highest BCUT2D eigenvalue weighted by atomic mass is 19.1. The maximum Gasteiger partial charge on any atom is 0.135 e. The normalized spacial score (nSPS) is 11.6. The first kappa shape index (κ1) is 19.2. The Balaban J connectivity index is 1.52. The van der Waals surface area contributed by atoms with Gasteiger partial charge in [-0.3, -0.25) is 10.1 Å². The molecule has 0 fully saturated rings. The summed E-state index contributed by atoms with van der Waals surface area (Å²) in [5.41, 5.74) is 6.50. The van der Waals surface area contributed by atoms with E-state index >= 15 is 0 Å². The van der Waals surface area contributed by atoms with Gasteiger partial charge in [-0.15, -0.1) is 0 Å². The maximum atomic E-state index is 13.9. The first-order chi connectivity index (χ1) is 16.0. The average Bonchev–Trinajstić information content (AvgIpc) is 3.49. The van der Waals surface area contributed by atoms with Gasteiger partial charge in [-0.05, 0) is 43.3 Å². The molecule has 33 heavy (non-hydrogen) atoms. The van der Waals surface area contributed by atoms with Crippen molar-refractivity contribution in [3.63, 3.8) is 0 Å². The van der Waals surface area contributed by atoms with Gasteiger partial charge in [0.05, 0.1) is 34.5 Å². The molecule has 0 bridgehead atoms. The summed E-state index contributed by atoms with van der Waals surface area (Å²) >= 11 is 0. The summed E-state index contributed by atoms with van der Waals surface area (Å²) in [5.74, 6) is 0.221. The topological polar surface area (TPSA) is 108 Å². The predicted molar refractivity (Wildman–Crippen MR) is 123 cm³/mol. The summed E-state index contributed by atoms with van der Waals surface area (Å²) < 4.78 is 15.9. The van der Waals surface area contributed by atoms with Crippen LogP contribution in [0.15, 0.2) is 54.9 Å². The summed E-state index contributed by atoms with van der Waals surface area (Å²) in [6, 6.07) is 11.5. The Morgan fingerprint density at radius 2 is 1.88 bits per heavy atom. The maximum absolute atomic E-state index is 13.9. The molecule has 0 spiro atoms. The number of aryl methyl sites for hydroxylation is 1. The number of phenols is 1. The molecular formula is C24H18FN7O. The number of rotatable bonds is 3. The molecule has 0 unspecified atom stereocenters. The number of hydrogen-bond acceptors (Lipinski definition) is 5. The molecule has 5 aromatic heterocycles. The summed E-state index contributed by atoms with van der Waals surface area (Å²) in [6.07, 6.45) is 3.45. The van der Waals surface area contributed by atoms with E-state index in [9.17, 15) is 9.50 Å². The van der Waals surface area contributed by atoms with Crippen molar-refractivity contribution in [2.24, 2.45) is 7.05 Å². The van der Waals surface area contributed by atoms with Gasteiger partial charge in [-0.25, -0.2) is 14.4 Å². The van der Waals surface area contributed by atoms with Gasteiger partial charge in [0, 0.05) is 35.8 Å².